The SMILES string of the molecule is COc1ccc2c(Cl)c(C(=O)N3N=C4C(=Cc5ccc(N(C)C)cc5)CCCC4C3c3ccc(N(C)C)cc3)sc2c1OC. The molecule has 1 aromatic heterocycles. The molecule has 1 amide bonds. The highest BCUT2D eigenvalue weighted by Gasteiger charge is 2.44. The van der Waals surface area contributed by atoms with Crippen molar-refractivity contribution in [2.75, 3.05) is 52.2 Å². The van der Waals surface area contributed by atoms with Crippen LogP contribution in [-0.2, 0) is 0 Å². The molecule has 6 rings (SSSR count). The summed E-state index contributed by atoms with van der Waals surface area (Å²) in [7, 11) is 11.3. The van der Waals surface area contributed by atoms with Crippen LogP contribution in [0.1, 0.15) is 46.1 Å². The third kappa shape index (κ3) is 5.30. The maximum Gasteiger partial charge on any atom is 0.286 e. The van der Waals surface area contributed by atoms with Crippen LogP contribution in [-0.4, -0.2) is 59.0 Å². The minimum absolute atomic E-state index is 0.0768. The molecule has 2 heterocycles. The second-order valence-corrected chi connectivity index (χ2v) is 13.0. The third-order valence-corrected chi connectivity index (χ3v) is 10.2. The van der Waals surface area contributed by atoms with E-state index in [0.29, 0.717) is 21.4 Å². The number of halogens is 1. The predicted molar refractivity (Wildman–Crippen MR) is 183 cm³/mol. The number of allylic oxidation sites excluding steroid dienone is 1. The molecule has 44 heavy (non-hydrogen) atoms. The number of nitrogens with zero attached hydrogens (tertiary/aromatic N) is 4. The summed E-state index contributed by atoms with van der Waals surface area (Å²) < 4.78 is 12.0. The molecule has 4 aromatic rings. The van der Waals surface area contributed by atoms with Gasteiger partial charge in [-0.05, 0) is 78.4 Å². The van der Waals surface area contributed by atoms with Crippen molar-refractivity contribution in [3.63, 3.8) is 0 Å². The van der Waals surface area contributed by atoms with E-state index >= 15 is 0 Å². The molecular formula is C35H37ClN4O3S. The molecule has 0 spiro atoms. The quantitative estimate of drug-likeness (QED) is 0.207. The zero-order chi connectivity index (χ0) is 31.1. The maximum atomic E-state index is 14.5. The molecule has 0 N–H and O–H groups in total. The van der Waals surface area contributed by atoms with Crippen LogP contribution in [0.25, 0.3) is 16.2 Å². The number of hydrazone groups is 1. The van der Waals surface area contributed by atoms with Crippen molar-refractivity contribution in [1.82, 2.24) is 5.01 Å². The molecule has 2 aliphatic rings. The van der Waals surface area contributed by atoms with Gasteiger partial charge in [-0.1, -0.05) is 35.9 Å². The summed E-state index contributed by atoms with van der Waals surface area (Å²) >= 11 is 8.25. The minimum atomic E-state index is -0.244. The van der Waals surface area contributed by atoms with Crippen molar-refractivity contribution in [3.05, 3.63) is 87.3 Å². The lowest BCUT2D eigenvalue weighted by Gasteiger charge is -2.30. The highest BCUT2D eigenvalue weighted by Crippen LogP contribution is 2.49. The van der Waals surface area contributed by atoms with Crippen molar-refractivity contribution in [1.29, 1.82) is 0 Å². The molecule has 0 saturated heterocycles. The van der Waals surface area contributed by atoms with Crippen LogP contribution in [0.4, 0.5) is 11.4 Å². The second-order valence-electron chi connectivity index (χ2n) is 11.6. The number of carbonyl (C=O) groups is 1. The summed E-state index contributed by atoms with van der Waals surface area (Å²) in [4.78, 5) is 19.1. The topological polar surface area (TPSA) is 57.6 Å². The van der Waals surface area contributed by atoms with E-state index in [1.165, 1.54) is 16.9 Å². The van der Waals surface area contributed by atoms with Gasteiger partial charge in [0, 0.05) is 50.9 Å². The molecule has 2 unspecified atom stereocenters. The van der Waals surface area contributed by atoms with E-state index in [2.05, 4.69) is 64.4 Å². The Morgan fingerprint density at radius 3 is 2.23 bits per heavy atom. The highest BCUT2D eigenvalue weighted by atomic mass is 35.5. The van der Waals surface area contributed by atoms with E-state index in [0.717, 1.165) is 57.6 Å². The summed E-state index contributed by atoms with van der Waals surface area (Å²) in [5, 5.41) is 7.96. The molecule has 2 atom stereocenters. The summed E-state index contributed by atoms with van der Waals surface area (Å²) in [6, 6.07) is 20.4. The van der Waals surface area contributed by atoms with Crippen molar-refractivity contribution >= 4 is 62.1 Å². The Labute approximate surface area is 267 Å². The van der Waals surface area contributed by atoms with Crippen LogP contribution in [0.2, 0.25) is 5.02 Å². The van der Waals surface area contributed by atoms with Crippen LogP contribution in [0.5, 0.6) is 11.5 Å². The Hall–Kier alpha value is -4.01. The van der Waals surface area contributed by atoms with E-state index in [-0.39, 0.29) is 17.9 Å². The number of rotatable bonds is 7. The Balaban J connectivity index is 1.45. The molecule has 1 saturated carbocycles. The summed E-state index contributed by atoms with van der Waals surface area (Å²) in [6.07, 6.45) is 5.12. The lowest BCUT2D eigenvalue weighted by molar-refractivity contribution is 0.0686. The molecular weight excluding hydrogens is 592 g/mol. The largest absolute Gasteiger partial charge is 0.493 e. The Morgan fingerprint density at radius 2 is 1.61 bits per heavy atom. The summed E-state index contributed by atoms with van der Waals surface area (Å²) in [6.45, 7) is 0. The summed E-state index contributed by atoms with van der Waals surface area (Å²) in [5.41, 5.74) is 6.60. The maximum absolute atomic E-state index is 14.5. The van der Waals surface area contributed by atoms with Crippen LogP contribution in [0.3, 0.4) is 0 Å². The van der Waals surface area contributed by atoms with Crippen molar-refractivity contribution in [2.45, 2.75) is 25.3 Å². The monoisotopic (exact) mass is 628 g/mol. The standard InChI is InChI=1S/C35H37ClN4O3S/c1-38(2)24-14-10-21(11-15-24)20-23-8-7-9-27-30(23)37-40(31(27)22-12-16-25(17-13-22)39(3)4)35(41)34-29(36)26-18-19-28(42-5)32(43-6)33(26)44-34/h10-20,27,31H,7-9H2,1-6H3. The van der Waals surface area contributed by atoms with Gasteiger partial charge in [0.05, 0.1) is 35.7 Å². The van der Waals surface area contributed by atoms with Gasteiger partial charge >= 0.3 is 0 Å². The van der Waals surface area contributed by atoms with Crippen molar-refractivity contribution in [2.24, 2.45) is 11.0 Å². The number of amides is 1. The van der Waals surface area contributed by atoms with Gasteiger partial charge in [0.25, 0.3) is 5.91 Å². The molecule has 1 aliphatic carbocycles. The van der Waals surface area contributed by atoms with E-state index in [9.17, 15) is 4.79 Å². The Bertz CT molecular complexity index is 1760. The molecule has 0 bridgehead atoms. The Kier molecular flexibility index (Phi) is 8.31. The number of anilines is 2. The van der Waals surface area contributed by atoms with Crippen molar-refractivity contribution < 1.29 is 14.3 Å². The third-order valence-electron chi connectivity index (χ3n) is 8.55. The van der Waals surface area contributed by atoms with Gasteiger partial charge in [0.1, 0.15) is 4.88 Å². The number of hydrogen-bond donors (Lipinski definition) is 0. The van der Waals surface area contributed by atoms with E-state index in [4.69, 9.17) is 26.2 Å². The first-order valence-electron chi connectivity index (χ1n) is 14.7. The first-order valence-corrected chi connectivity index (χ1v) is 15.9. The molecule has 228 valence electrons. The van der Waals surface area contributed by atoms with Crippen LogP contribution in [0.15, 0.2) is 71.3 Å². The van der Waals surface area contributed by atoms with Gasteiger partial charge in [0.15, 0.2) is 11.5 Å². The lowest BCUT2D eigenvalue weighted by atomic mass is 9.77. The molecule has 3 aromatic carbocycles. The van der Waals surface area contributed by atoms with Crippen LogP contribution in [0, 0.1) is 5.92 Å². The average molecular weight is 629 g/mol. The smallest absolute Gasteiger partial charge is 0.286 e. The Morgan fingerprint density at radius 1 is 0.955 bits per heavy atom. The molecule has 1 aliphatic heterocycles. The normalized spacial score (nSPS) is 18.8. The average Bonchev–Trinajstić information content (AvgIpc) is 3.59. The number of thiophene rings is 1. The zero-order valence-corrected chi connectivity index (χ0v) is 27.5. The van der Waals surface area contributed by atoms with Gasteiger partial charge in [0.2, 0.25) is 0 Å². The minimum Gasteiger partial charge on any atom is -0.493 e. The fraction of sp³-hybridized carbons (Fsp3) is 0.314. The number of benzene rings is 3. The molecule has 9 heteroatoms. The number of carbonyl (C=O) groups excluding carboxylic acids is 1. The van der Waals surface area contributed by atoms with Gasteiger partial charge in [-0.2, -0.15) is 5.10 Å². The number of methoxy groups -OCH3 is 2. The van der Waals surface area contributed by atoms with Gasteiger partial charge in [-0.15, -0.1) is 11.3 Å². The fourth-order valence-corrected chi connectivity index (χ4v) is 7.78. The second kappa shape index (κ2) is 12.2. The number of ether oxygens (including phenoxy) is 2. The number of fused-ring (bicyclic) bond motifs is 2. The number of hydrogen-bond acceptors (Lipinski definition) is 7. The van der Waals surface area contributed by atoms with E-state index < -0.39 is 0 Å². The first kappa shape index (κ1) is 30.0. The predicted octanol–water partition coefficient (Wildman–Crippen LogP) is 8.14. The molecule has 1 fully saturated rings. The zero-order valence-electron chi connectivity index (χ0n) is 25.9. The molecule has 0 radical (unpaired) electrons. The van der Waals surface area contributed by atoms with Crippen molar-refractivity contribution in [3.8, 4) is 11.5 Å². The van der Waals surface area contributed by atoms with Gasteiger partial charge in [-0.3, -0.25) is 4.79 Å². The highest BCUT2D eigenvalue weighted by molar-refractivity contribution is 7.22. The molecule has 7 nitrogen and oxygen atoms in total. The van der Waals surface area contributed by atoms with Crippen LogP contribution < -0.4 is 19.3 Å². The fourth-order valence-electron chi connectivity index (χ4n) is 6.22. The van der Waals surface area contributed by atoms with E-state index in [1.807, 2.05) is 40.3 Å². The van der Waals surface area contributed by atoms with E-state index in [1.54, 1.807) is 19.2 Å². The first-order chi connectivity index (χ1) is 21.2. The van der Waals surface area contributed by atoms with Crippen LogP contribution >= 0.6 is 22.9 Å². The lowest BCUT2D eigenvalue weighted by Crippen LogP contribution is -2.31. The van der Waals surface area contributed by atoms with Gasteiger partial charge in [-0.25, -0.2) is 5.01 Å². The van der Waals surface area contributed by atoms with Gasteiger partial charge < -0.3 is 19.3 Å². The summed E-state index contributed by atoms with van der Waals surface area (Å²) in [5.74, 6) is 1.03.